The summed E-state index contributed by atoms with van der Waals surface area (Å²) in [5.41, 5.74) is 5.75. The summed E-state index contributed by atoms with van der Waals surface area (Å²) in [7, 11) is 0. The molecule has 0 bridgehead atoms. The van der Waals surface area contributed by atoms with E-state index in [0.717, 1.165) is 38.5 Å². The largest absolute Gasteiger partial charge is 0.393 e. The van der Waals surface area contributed by atoms with Gasteiger partial charge in [-0.1, -0.05) is 6.42 Å². The minimum Gasteiger partial charge on any atom is -0.393 e. The van der Waals surface area contributed by atoms with Gasteiger partial charge in [0.2, 0.25) is 0 Å². The van der Waals surface area contributed by atoms with Crippen molar-refractivity contribution in [2.24, 2.45) is 23.5 Å². The molecule has 21 heavy (non-hydrogen) atoms. The van der Waals surface area contributed by atoms with Crippen LogP contribution in [0.1, 0.15) is 44.9 Å². The minimum absolute atomic E-state index is 0.0555. The first-order valence-corrected chi connectivity index (χ1v) is 9.08. The highest BCUT2D eigenvalue weighted by atomic mass is 16.3. The van der Waals surface area contributed by atoms with Gasteiger partial charge in [-0.05, 0) is 62.8 Å². The van der Waals surface area contributed by atoms with Gasteiger partial charge in [-0.2, -0.15) is 0 Å². The number of nitrogens with zero attached hydrogens (tertiary/aromatic N) is 1. The van der Waals surface area contributed by atoms with Crippen molar-refractivity contribution >= 4 is 0 Å². The lowest BCUT2D eigenvalue weighted by Gasteiger charge is -2.40. The number of rotatable bonds is 8. The summed E-state index contributed by atoms with van der Waals surface area (Å²) < 4.78 is 0. The van der Waals surface area contributed by atoms with Crippen LogP contribution in [0, 0.1) is 17.8 Å². The molecule has 4 nitrogen and oxygen atoms in total. The summed E-state index contributed by atoms with van der Waals surface area (Å²) >= 11 is 0. The van der Waals surface area contributed by atoms with E-state index in [4.69, 9.17) is 5.73 Å². The Kier molecular flexibility index (Phi) is 5.54. The predicted molar refractivity (Wildman–Crippen MR) is 86.1 cm³/mol. The van der Waals surface area contributed by atoms with Crippen molar-refractivity contribution in [2.75, 3.05) is 32.7 Å². The van der Waals surface area contributed by atoms with Gasteiger partial charge < -0.3 is 21.1 Å². The van der Waals surface area contributed by atoms with Crippen LogP contribution >= 0.6 is 0 Å². The SMILES string of the molecule is NCCN1CC(CC(O)C2CC2)CC(NCC2CCC2)C1. The van der Waals surface area contributed by atoms with Gasteiger partial charge in [0, 0.05) is 32.2 Å². The summed E-state index contributed by atoms with van der Waals surface area (Å²) in [6.07, 6.45) is 8.90. The molecule has 3 unspecified atom stereocenters. The molecule has 0 aromatic carbocycles. The van der Waals surface area contributed by atoms with Crippen LogP contribution in [-0.4, -0.2) is 54.9 Å². The number of aliphatic hydroxyl groups excluding tert-OH is 1. The zero-order valence-corrected chi connectivity index (χ0v) is 13.3. The maximum Gasteiger partial charge on any atom is 0.0571 e. The monoisotopic (exact) mass is 295 g/mol. The molecule has 2 saturated carbocycles. The zero-order chi connectivity index (χ0) is 14.7. The second-order valence-electron chi connectivity index (χ2n) is 7.69. The molecule has 1 aliphatic heterocycles. The normalized spacial score (nSPS) is 32.9. The van der Waals surface area contributed by atoms with E-state index in [1.807, 2.05) is 0 Å². The Balaban J connectivity index is 1.47. The van der Waals surface area contributed by atoms with Gasteiger partial charge in [0.25, 0.3) is 0 Å². The molecule has 3 aliphatic rings. The highest BCUT2D eigenvalue weighted by molar-refractivity contribution is 4.89. The second kappa shape index (κ2) is 7.40. The highest BCUT2D eigenvalue weighted by Crippen LogP contribution is 2.36. The first kappa shape index (κ1) is 15.7. The molecule has 122 valence electrons. The molecule has 0 aromatic heterocycles. The molecular weight excluding hydrogens is 262 g/mol. The van der Waals surface area contributed by atoms with Gasteiger partial charge >= 0.3 is 0 Å². The Labute approximate surface area is 129 Å². The molecular formula is C17H33N3O. The van der Waals surface area contributed by atoms with Crippen LogP contribution in [0.4, 0.5) is 0 Å². The van der Waals surface area contributed by atoms with Crippen molar-refractivity contribution < 1.29 is 5.11 Å². The van der Waals surface area contributed by atoms with Crippen LogP contribution in [0.15, 0.2) is 0 Å². The van der Waals surface area contributed by atoms with Crippen LogP contribution in [0.2, 0.25) is 0 Å². The Morgan fingerprint density at radius 1 is 1.14 bits per heavy atom. The zero-order valence-electron chi connectivity index (χ0n) is 13.3. The number of likely N-dealkylation sites (tertiary alicyclic amines) is 1. The topological polar surface area (TPSA) is 61.5 Å². The molecule has 0 radical (unpaired) electrons. The van der Waals surface area contributed by atoms with Gasteiger partial charge in [0.1, 0.15) is 0 Å². The first-order valence-electron chi connectivity index (χ1n) is 9.08. The molecule has 3 rings (SSSR count). The van der Waals surface area contributed by atoms with E-state index in [2.05, 4.69) is 10.2 Å². The van der Waals surface area contributed by atoms with Gasteiger partial charge in [-0.15, -0.1) is 0 Å². The maximum atomic E-state index is 10.2. The fraction of sp³-hybridized carbons (Fsp3) is 1.00. The fourth-order valence-corrected chi connectivity index (χ4v) is 4.03. The van der Waals surface area contributed by atoms with E-state index in [0.29, 0.717) is 17.9 Å². The smallest absolute Gasteiger partial charge is 0.0571 e. The van der Waals surface area contributed by atoms with Crippen LogP contribution in [-0.2, 0) is 0 Å². The van der Waals surface area contributed by atoms with E-state index >= 15 is 0 Å². The number of piperidine rings is 1. The Morgan fingerprint density at radius 3 is 2.57 bits per heavy atom. The van der Waals surface area contributed by atoms with Crippen molar-refractivity contribution in [3.05, 3.63) is 0 Å². The van der Waals surface area contributed by atoms with E-state index in [9.17, 15) is 5.11 Å². The molecule has 0 amide bonds. The molecule has 4 heteroatoms. The fourth-order valence-electron chi connectivity index (χ4n) is 4.03. The molecule has 3 atom stereocenters. The average Bonchev–Trinajstić information content (AvgIpc) is 3.21. The van der Waals surface area contributed by atoms with Crippen LogP contribution in [0.3, 0.4) is 0 Å². The third-order valence-electron chi connectivity index (χ3n) is 5.72. The lowest BCUT2D eigenvalue weighted by atomic mass is 9.84. The Morgan fingerprint density at radius 2 is 1.95 bits per heavy atom. The highest BCUT2D eigenvalue weighted by Gasteiger charge is 2.34. The summed E-state index contributed by atoms with van der Waals surface area (Å²) in [6.45, 7) is 5.20. The molecule has 2 aliphatic carbocycles. The van der Waals surface area contributed by atoms with Crippen LogP contribution < -0.4 is 11.1 Å². The quantitative estimate of drug-likeness (QED) is 0.629. The lowest BCUT2D eigenvalue weighted by molar-refractivity contribution is 0.0743. The molecule has 0 spiro atoms. The van der Waals surface area contributed by atoms with Crippen molar-refractivity contribution in [2.45, 2.75) is 57.1 Å². The van der Waals surface area contributed by atoms with Gasteiger partial charge in [0.05, 0.1) is 6.10 Å². The summed E-state index contributed by atoms with van der Waals surface area (Å²) in [4.78, 5) is 2.51. The van der Waals surface area contributed by atoms with Crippen molar-refractivity contribution in [1.29, 1.82) is 0 Å². The van der Waals surface area contributed by atoms with Crippen molar-refractivity contribution in [3.63, 3.8) is 0 Å². The summed E-state index contributed by atoms with van der Waals surface area (Å²) in [5.74, 6) is 2.17. The van der Waals surface area contributed by atoms with Crippen molar-refractivity contribution in [3.8, 4) is 0 Å². The number of hydrogen-bond acceptors (Lipinski definition) is 4. The standard InChI is InChI=1S/C17H33N3O/c18-6-7-20-11-14(9-17(21)15-4-5-15)8-16(12-20)19-10-13-2-1-3-13/h13-17,19,21H,1-12,18H2. The van der Waals surface area contributed by atoms with Gasteiger partial charge in [0.15, 0.2) is 0 Å². The van der Waals surface area contributed by atoms with E-state index in [1.165, 1.54) is 45.1 Å². The molecule has 1 saturated heterocycles. The minimum atomic E-state index is -0.0555. The number of aliphatic hydroxyl groups is 1. The van der Waals surface area contributed by atoms with Crippen LogP contribution in [0.5, 0.6) is 0 Å². The number of nitrogens with two attached hydrogens (primary N) is 1. The molecule has 0 aromatic rings. The molecule has 4 N–H and O–H groups in total. The molecule has 3 fully saturated rings. The van der Waals surface area contributed by atoms with Crippen molar-refractivity contribution in [1.82, 2.24) is 10.2 Å². The average molecular weight is 295 g/mol. The maximum absolute atomic E-state index is 10.2. The first-order chi connectivity index (χ1) is 10.2. The lowest BCUT2D eigenvalue weighted by Crippen LogP contribution is -2.52. The Bertz CT molecular complexity index is 317. The van der Waals surface area contributed by atoms with E-state index in [-0.39, 0.29) is 6.10 Å². The second-order valence-corrected chi connectivity index (χ2v) is 7.69. The van der Waals surface area contributed by atoms with Crippen LogP contribution in [0.25, 0.3) is 0 Å². The Hall–Kier alpha value is -0.160. The number of nitrogens with one attached hydrogen (secondary N) is 1. The third kappa shape index (κ3) is 4.65. The van der Waals surface area contributed by atoms with Gasteiger partial charge in [-0.25, -0.2) is 0 Å². The molecule has 1 heterocycles. The van der Waals surface area contributed by atoms with E-state index in [1.54, 1.807) is 0 Å². The van der Waals surface area contributed by atoms with E-state index < -0.39 is 0 Å². The summed E-state index contributed by atoms with van der Waals surface area (Å²) in [5, 5.41) is 14.0. The van der Waals surface area contributed by atoms with Gasteiger partial charge in [-0.3, -0.25) is 0 Å². The number of hydrogen-bond donors (Lipinski definition) is 3. The third-order valence-corrected chi connectivity index (χ3v) is 5.72. The predicted octanol–water partition coefficient (Wildman–Crippen LogP) is 1.19. The summed E-state index contributed by atoms with van der Waals surface area (Å²) in [6, 6.07) is 0.599.